The maximum absolute atomic E-state index is 13.5. The zero-order valence-corrected chi connectivity index (χ0v) is 24.8. The van der Waals surface area contributed by atoms with E-state index in [9.17, 15) is 18.8 Å². The van der Waals surface area contributed by atoms with Gasteiger partial charge in [0.2, 0.25) is 5.91 Å². The minimum atomic E-state index is -0.549. The molecule has 9 heteroatoms. The fourth-order valence-corrected chi connectivity index (χ4v) is 5.40. The molecule has 3 amide bonds. The molecule has 1 heterocycles. The molecule has 4 N–H and O–H groups in total. The number of nitrogens with two attached hydrogens (primary N) is 1. The first-order valence-electron chi connectivity index (χ1n) is 14.9. The standard InChI is InChI=1S/C34H41FN4O4/c1-3-43-22-29-13-8-18-39(29)34(42)26-12-7-11-25(21-26)33(41)38-31(20-24-9-5-4-6-10-24)30(36)19-23(2)32(40)37-28-16-14-27(35)15-17-28/h4-7,9-12,14-17,21,23,29-31H,3,8,13,18-20,22,36H2,1-2H3,(H,37,40)(H,38,41)/t23-,29-,30+,31+/m1/s1. The van der Waals surface area contributed by atoms with Crippen LogP contribution in [0.4, 0.5) is 10.1 Å². The molecule has 1 saturated heterocycles. The Morgan fingerprint density at radius 3 is 2.47 bits per heavy atom. The van der Waals surface area contributed by atoms with Crippen LogP contribution < -0.4 is 16.4 Å². The second-order valence-electron chi connectivity index (χ2n) is 11.1. The van der Waals surface area contributed by atoms with Crippen LogP contribution in [0.5, 0.6) is 0 Å². The van der Waals surface area contributed by atoms with E-state index in [1.54, 1.807) is 31.2 Å². The number of carbonyl (C=O) groups is 3. The molecule has 1 aliphatic rings. The average molecular weight is 589 g/mol. The Kier molecular flexibility index (Phi) is 11.4. The SMILES string of the molecule is CCOC[C@H]1CCCN1C(=O)c1cccc(C(=O)N[C@@H](Cc2ccccc2)[C@@H](N)C[C@@H](C)C(=O)Nc2ccc(F)cc2)c1. The van der Waals surface area contributed by atoms with E-state index in [1.165, 1.54) is 24.3 Å². The van der Waals surface area contributed by atoms with Crippen molar-refractivity contribution in [3.8, 4) is 0 Å². The lowest BCUT2D eigenvalue weighted by Gasteiger charge is -2.27. The Morgan fingerprint density at radius 1 is 1.02 bits per heavy atom. The number of nitrogens with one attached hydrogen (secondary N) is 2. The first-order chi connectivity index (χ1) is 20.7. The fraction of sp³-hybridized carbons (Fsp3) is 0.382. The minimum Gasteiger partial charge on any atom is -0.380 e. The number of benzene rings is 3. The Labute approximate surface area is 252 Å². The molecule has 43 heavy (non-hydrogen) atoms. The van der Waals surface area contributed by atoms with E-state index in [-0.39, 0.29) is 29.6 Å². The molecule has 0 aromatic heterocycles. The molecule has 0 aliphatic carbocycles. The highest BCUT2D eigenvalue weighted by molar-refractivity contribution is 6.00. The van der Waals surface area contributed by atoms with E-state index in [1.807, 2.05) is 42.2 Å². The van der Waals surface area contributed by atoms with Crippen molar-refractivity contribution in [3.63, 3.8) is 0 Å². The van der Waals surface area contributed by atoms with Gasteiger partial charge in [0.1, 0.15) is 5.82 Å². The molecule has 3 aromatic carbocycles. The van der Waals surface area contributed by atoms with Gasteiger partial charge in [-0.3, -0.25) is 14.4 Å². The van der Waals surface area contributed by atoms with Crippen LogP contribution in [0.1, 0.15) is 59.4 Å². The average Bonchev–Trinajstić information content (AvgIpc) is 3.49. The maximum atomic E-state index is 13.5. The van der Waals surface area contributed by atoms with Crippen molar-refractivity contribution in [2.24, 2.45) is 11.7 Å². The molecule has 0 saturated carbocycles. The van der Waals surface area contributed by atoms with E-state index in [4.69, 9.17) is 10.5 Å². The van der Waals surface area contributed by atoms with Gasteiger partial charge in [-0.15, -0.1) is 0 Å². The van der Waals surface area contributed by atoms with Crippen LogP contribution in [-0.2, 0) is 16.0 Å². The Bertz CT molecular complexity index is 1370. The van der Waals surface area contributed by atoms with Crippen molar-refractivity contribution in [1.29, 1.82) is 0 Å². The molecule has 4 atom stereocenters. The fourth-order valence-electron chi connectivity index (χ4n) is 5.40. The lowest BCUT2D eigenvalue weighted by molar-refractivity contribution is -0.119. The molecule has 3 aromatic rings. The van der Waals surface area contributed by atoms with Crippen molar-refractivity contribution < 1.29 is 23.5 Å². The Balaban J connectivity index is 1.45. The first-order valence-corrected chi connectivity index (χ1v) is 14.9. The molecule has 0 radical (unpaired) electrons. The number of anilines is 1. The Hall–Kier alpha value is -4.08. The van der Waals surface area contributed by atoms with Gasteiger partial charge in [0.25, 0.3) is 11.8 Å². The third-order valence-electron chi connectivity index (χ3n) is 7.84. The van der Waals surface area contributed by atoms with Crippen LogP contribution >= 0.6 is 0 Å². The molecule has 4 rings (SSSR count). The predicted octanol–water partition coefficient (Wildman–Crippen LogP) is 4.80. The van der Waals surface area contributed by atoms with Crippen LogP contribution in [-0.4, -0.2) is 60.5 Å². The van der Waals surface area contributed by atoms with Gasteiger partial charge in [-0.25, -0.2) is 4.39 Å². The van der Waals surface area contributed by atoms with Gasteiger partial charge in [0.15, 0.2) is 0 Å². The van der Waals surface area contributed by atoms with Crippen LogP contribution in [0.2, 0.25) is 0 Å². The van der Waals surface area contributed by atoms with Gasteiger partial charge in [0.05, 0.1) is 12.6 Å². The van der Waals surface area contributed by atoms with E-state index >= 15 is 0 Å². The number of rotatable bonds is 13. The minimum absolute atomic E-state index is 0.0282. The lowest BCUT2D eigenvalue weighted by atomic mass is 9.92. The van der Waals surface area contributed by atoms with Gasteiger partial charge in [-0.05, 0) is 80.6 Å². The van der Waals surface area contributed by atoms with E-state index < -0.39 is 18.0 Å². The monoisotopic (exact) mass is 588 g/mol. The predicted molar refractivity (Wildman–Crippen MR) is 165 cm³/mol. The zero-order valence-electron chi connectivity index (χ0n) is 24.8. The lowest BCUT2D eigenvalue weighted by Crippen LogP contribution is -2.50. The van der Waals surface area contributed by atoms with Gasteiger partial charge in [-0.1, -0.05) is 43.3 Å². The van der Waals surface area contributed by atoms with E-state index in [0.717, 1.165) is 18.4 Å². The molecule has 228 valence electrons. The summed E-state index contributed by atoms with van der Waals surface area (Å²) in [6, 6.07) is 21.0. The molecule has 0 spiro atoms. The molecule has 0 unspecified atom stereocenters. The largest absolute Gasteiger partial charge is 0.380 e. The molecular formula is C34H41FN4O4. The highest BCUT2D eigenvalue weighted by Crippen LogP contribution is 2.22. The summed E-state index contributed by atoms with van der Waals surface area (Å²) in [5, 5.41) is 5.86. The highest BCUT2D eigenvalue weighted by atomic mass is 19.1. The summed E-state index contributed by atoms with van der Waals surface area (Å²) in [5.41, 5.74) is 8.94. The summed E-state index contributed by atoms with van der Waals surface area (Å²) in [4.78, 5) is 41.6. The van der Waals surface area contributed by atoms with Crippen molar-refractivity contribution in [2.45, 2.75) is 57.7 Å². The highest BCUT2D eigenvalue weighted by Gasteiger charge is 2.30. The Morgan fingerprint density at radius 2 is 1.74 bits per heavy atom. The molecule has 0 bridgehead atoms. The third kappa shape index (κ3) is 8.95. The normalized spacial score (nSPS) is 16.7. The molecule has 1 fully saturated rings. The van der Waals surface area contributed by atoms with Crippen molar-refractivity contribution in [3.05, 3.63) is 101 Å². The smallest absolute Gasteiger partial charge is 0.254 e. The number of ether oxygens (including phenoxy) is 1. The number of halogens is 1. The number of hydrogen-bond acceptors (Lipinski definition) is 5. The summed E-state index contributed by atoms with van der Waals surface area (Å²) in [6.07, 6.45) is 2.58. The summed E-state index contributed by atoms with van der Waals surface area (Å²) in [6.45, 7) is 5.46. The van der Waals surface area contributed by atoms with Crippen molar-refractivity contribution in [1.82, 2.24) is 10.2 Å². The zero-order chi connectivity index (χ0) is 30.8. The van der Waals surface area contributed by atoms with Crippen LogP contribution in [0.15, 0.2) is 78.9 Å². The van der Waals surface area contributed by atoms with Crippen LogP contribution in [0.25, 0.3) is 0 Å². The van der Waals surface area contributed by atoms with Crippen LogP contribution in [0, 0.1) is 11.7 Å². The molecule has 1 aliphatic heterocycles. The van der Waals surface area contributed by atoms with Gasteiger partial charge in [-0.2, -0.15) is 0 Å². The van der Waals surface area contributed by atoms with Crippen molar-refractivity contribution in [2.75, 3.05) is 25.1 Å². The number of amides is 3. The molecular weight excluding hydrogens is 547 g/mol. The number of nitrogens with zero attached hydrogens (tertiary/aromatic N) is 1. The van der Waals surface area contributed by atoms with Crippen molar-refractivity contribution >= 4 is 23.4 Å². The maximum Gasteiger partial charge on any atom is 0.254 e. The van der Waals surface area contributed by atoms with Gasteiger partial charge in [0, 0.05) is 48.0 Å². The topological polar surface area (TPSA) is 114 Å². The van der Waals surface area contributed by atoms with Gasteiger partial charge < -0.3 is 26.0 Å². The van der Waals surface area contributed by atoms with E-state index in [0.29, 0.717) is 49.4 Å². The number of hydrogen-bond donors (Lipinski definition) is 3. The number of carbonyl (C=O) groups excluding carboxylic acids is 3. The third-order valence-corrected chi connectivity index (χ3v) is 7.84. The van der Waals surface area contributed by atoms with Gasteiger partial charge >= 0.3 is 0 Å². The summed E-state index contributed by atoms with van der Waals surface area (Å²) < 4.78 is 18.8. The second kappa shape index (κ2) is 15.4. The summed E-state index contributed by atoms with van der Waals surface area (Å²) >= 11 is 0. The van der Waals surface area contributed by atoms with Crippen LogP contribution in [0.3, 0.4) is 0 Å². The quantitative estimate of drug-likeness (QED) is 0.266. The number of likely N-dealkylation sites (tertiary alicyclic amines) is 1. The summed E-state index contributed by atoms with van der Waals surface area (Å²) in [7, 11) is 0. The summed E-state index contributed by atoms with van der Waals surface area (Å²) in [5.74, 6) is -1.56. The van der Waals surface area contributed by atoms with E-state index in [2.05, 4.69) is 10.6 Å². The first kappa shape index (κ1) is 31.8. The second-order valence-corrected chi connectivity index (χ2v) is 11.1. The molecule has 8 nitrogen and oxygen atoms in total.